The van der Waals surface area contributed by atoms with Crippen molar-refractivity contribution >= 4 is 44.7 Å². The lowest BCUT2D eigenvalue weighted by molar-refractivity contribution is -0.125. The first kappa shape index (κ1) is 19.3. The van der Waals surface area contributed by atoms with Crippen LogP contribution in [0.5, 0.6) is 0 Å². The molecule has 0 bridgehead atoms. The third-order valence-electron chi connectivity index (χ3n) is 3.67. The molecule has 0 aliphatic carbocycles. The number of hydrogen-bond acceptors (Lipinski definition) is 6. The zero-order chi connectivity index (χ0) is 19.9. The number of carbonyl (C=O) groups excluding carboxylic acids is 2. The number of anilines is 2. The lowest BCUT2D eigenvalue weighted by atomic mass is 10.2. The van der Waals surface area contributed by atoms with Gasteiger partial charge in [-0.15, -0.1) is 11.3 Å². The molecule has 1 heterocycles. The molecule has 0 radical (unpaired) electrons. The molecule has 0 atom stereocenters. The average Bonchev–Trinajstić information content (AvgIpc) is 3.06. The molecule has 28 heavy (non-hydrogen) atoms. The number of fused-ring (bicyclic) bond motifs is 1. The molecule has 2 amide bonds. The second-order valence-corrected chi connectivity index (χ2v) is 6.93. The summed E-state index contributed by atoms with van der Waals surface area (Å²) in [6, 6.07) is 13.5. The standard InChI is InChI=1S/C19H16FN5O2S/c20-12-2-1-3-13(8-12)24-14-4-5-16-15(9-14)25-19(28-16)10-17(26)23-11-18(27)22-7-6-21/h1-5,8-9,24H,7,10-11H2,(H,22,27)(H,23,26). The van der Waals surface area contributed by atoms with Crippen molar-refractivity contribution in [3.05, 3.63) is 53.3 Å². The third kappa shape index (κ3) is 5.25. The molecule has 3 aromatic rings. The van der Waals surface area contributed by atoms with Gasteiger partial charge in [-0.1, -0.05) is 6.07 Å². The molecule has 1 aromatic heterocycles. The minimum atomic E-state index is -0.424. The first-order valence-corrected chi connectivity index (χ1v) is 9.17. The Balaban J connectivity index is 1.61. The van der Waals surface area contributed by atoms with Crippen LogP contribution in [0.25, 0.3) is 10.2 Å². The van der Waals surface area contributed by atoms with Crippen molar-refractivity contribution in [1.82, 2.24) is 15.6 Å². The molecule has 0 aliphatic rings. The number of nitrogens with zero attached hydrogens (tertiary/aromatic N) is 2. The summed E-state index contributed by atoms with van der Waals surface area (Å²) < 4.78 is 14.2. The van der Waals surface area contributed by atoms with Crippen molar-refractivity contribution in [3.63, 3.8) is 0 Å². The normalized spacial score (nSPS) is 10.3. The number of amides is 2. The van der Waals surface area contributed by atoms with Gasteiger partial charge in [-0.25, -0.2) is 9.37 Å². The van der Waals surface area contributed by atoms with Gasteiger partial charge < -0.3 is 16.0 Å². The van der Waals surface area contributed by atoms with Crippen LogP contribution in [0.4, 0.5) is 15.8 Å². The maximum atomic E-state index is 13.3. The molecule has 142 valence electrons. The van der Waals surface area contributed by atoms with Gasteiger partial charge in [0.25, 0.3) is 0 Å². The number of halogens is 1. The number of benzene rings is 2. The fourth-order valence-corrected chi connectivity index (χ4v) is 3.39. The molecule has 0 fully saturated rings. The molecule has 3 rings (SSSR count). The maximum absolute atomic E-state index is 13.3. The van der Waals surface area contributed by atoms with Gasteiger partial charge in [0.15, 0.2) is 0 Å². The lowest BCUT2D eigenvalue weighted by Crippen LogP contribution is -2.37. The molecular formula is C19H16FN5O2S. The van der Waals surface area contributed by atoms with E-state index in [1.54, 1.807) is 18.2 Å². The molecular weight excluding hydrogens is 381 g/mol. The topological polar surface area (TPSA) is 107 Å². The van der Waals surface area contributed by atoms with E-state index in [1.807, 2.05) is 18.2 Å². The highest BCUT2D eigenvalue weighted by Gasteiger charge is 2.11. The second-order valence-electron chi connectivity index (χ2n) is 5.81. The Morgan fingerprint density at radius 3 is 2.71 bits per heavy atom. The van der Waals surface area contributed by atoms with Crippen LogP contribution in [-0.4, -0.2) is 29.9 Å². The van der Waals surface area contributed by atoms with Gasteiger partial charge in [-0.2, -0.15) is 5.26 Å². The highest BCUT2D eigenvalue weighted by atomic mass is 32.1. The average molecular weight is 397 g/mol. The Morgan fingerprint density at radius 2 is 1.93 bits per heavy atom. The van der Waals surface area contributed by atoms with Crippen molar-refractivity contribution in [2.75, 3.05) is 18.4 Å². The molecule has 9 heteroatoms. The summed E-state index contributed by atoms with van der Waals surface area (Å²) in [4.78, 5) is 27.8. The highest BCUT2D eigenvalue weighted by Crippen LogP contribution is 2.27. The summed E-state index contributed by atoms with van der Waals surface area (Å²) in [6.07, 6.45) is 0.0531. The smallest absolute Gasteiger partial charge is 0.240 e. The number of thiazole rings is 1. The summed E-state index contributed by atoms with van der Waals surface area (Å²) in [5, 5.41) is 17.0. The first-order valence-electron chi connectivity index (χ1n) is 8.36. The predicted molar refractivity (Wildman–Crippen MR) is 105 cm³/mol. The van der Waals surface area contributed by atoms with Crippen LogP contribution in [0.3, 0.4) is 0 Å². The van der Waals surface area contributed by atoms with Crippen molar-refractivity contribution in [3.8, 4) is 6.07 Å². The number of rotatable bonds is 7. The van der Waals surface area contributed by atoms with Crippen LogP contribution in [-0.2, 0) is 16.0 Å². The molecule has 0 spiro atoms. The van der Waals surface area contributed by atoms with Crippen LogP contribution < -0.4 is 16.0 Å². The Kier molecular flexibility index (Phi) is 6.14. The number of hydrogen-bond donors (Lipinski definition) is 3. The minimum absolute atomic E-state index is 0.0531. The van der Waals surface area contributed by atoms with Crippen molar-refractivity contribution < 1.29 is 14.0 Å². The van der Waals surface area contributed by atoms with E-state index in [1.165, 1.54) is 23.5 Å². The highest BCUT2D eigenvalue weighted by molar-refractivity contribution is 7.18. The van der Waals surface area contributed by atoms with Crippen molar-refractivity contribution in [2.24, 2.45) is 0 Å². The minimum Gasteiger partial charge on any atom is -0.355 e. The number of aromatic nitrogens is 1. The number of nitrogens with one attached hydrogen (secondary N) is 3. The lowest BCUT2D eigenvalue weighted by Gasteiger charge is -2.06. The fourth-order valence-electron chi connectivity index (χ4n) is 2.44. The van der Waals surface area contributed by atoms with Crippen molar-refractivity contribution in [2.45, 2.75) is 6.42 Å². The molecule has 0 saturated heterocycles. The van der Waals surface area contributed by atoms with Gasteiger partial charge >= 0.3 is 0 Å². The summed E-state index contributed by atoms with van der Waals surface area (Å²) >= 11 is 1.39. The van der Waals surface area contributed by atoms with Crippen molar-refractivity contribution in [1.29, 1.82) is 5.26 Å². The molecule has 0 unspecified atom stereocenters. The number of carbonyl (C=O) groups is 2. The summed E-state index contributed by atoms with van der Waals surface area (Å²) in [6.45, 7) is -0.286. The molecule has 2 aromatic carbocycles. The maximum Gasteiger partial charge on any atom is 0.240 e. The Morgan fingerprint density at radius 1 is 1.11 bits per heavy atom. The summed E-state index contributed by atoms with van der Waals surface area (Å²) in [5.74, 6) is -1.08. The number of nitriles is 1. The molecule has 7 nitrogen and oxygen atoms in total. The quantitative estimate of drug-likeness (QED) is 0.531. The van der Waals surface area contributed by atoms with E-state index in [0.29, 0.717) is 10.7 Å². The van der Waals surface area contributed by atoms with E-state index in [9.17, 15) is 14.0 Å². The van der Waals surface area contributed by atoms with Crippen LogP contribution >= 0.6 is 11.3 Å². The van der Waals surface area contributed by atoms with Crippen LogP contribution in [0, 0.1) is 17.1 Å². The molecule has 0 saturated carbocycles. The van der Waals surface area contributed by atoms with Gasteiger partial charge in [0.1, 0.15) is 17.4 Å². The van der Waals surface area contributed by atoms with Crippen LogP contribution in [0.2, 0.25) is 0 Å². The Labute approximate surface area is 164 Å². The SMILES string of the molecule is N#CCNC(=O)CNC(=O)Cc1nc2cc(Nc3cccc(F)c3)ccc2s1. The zero-order valence-corrected chi connectivity index (χ0v) is 15.5. The van der Waals surface area contributed by atoms with E-state index in [0.717, 1.165) is 15.9 Å². The Bertz CT molecular complexity index is 1060. The predicted octanol–water partition coefficient (Wildman–Crippen LogP) is 2.48. The molecule has 3 N–H and O–H groups in total. The third-order valence-corrected chi connectivity index (χ3v) is 4.70. The van der Waals surface area contributed by atoms with Gasteiger partial charge in [0, 0.05) is 11.4 Å². The summed E-state index contributed by atoms with van der Waals surface area (Å²) in [5.41, 5.74) is 2.11. The largest absolute Gasteiger partial charge is 0.355 e. The van der Waals surface area contributed by atoms with E-state index in [-0.39, 0.29) is 31.2 Å². The second kappa shape index (κ2) is 8.92. The molecule has 0 aliphatic heterocycles. The zero-order valence-electron chi connectivity index (χ0n) is 14.7. The Hall–Kier alpha value is -3.51. The van der Waals surface area contributed by atoms with E-state index >= 15 is 0 Å². The van der Waals surface area contributed by atoms with Crippen LogP contribution in [0.1, 0.15) is 5.01 Å². The van der Waals surface area contributed by atoms with E-state index < -0.39 is 5.91 Å². The van der Waals surface area contributed by atoms with Gasteiger partial charge in [0.2, 0.25) is 11.8 Å². The van der Waals surface area contributed by atoms with Crippen LogP contribution in [0.15, 0.2) is 42.5 Å². The summed E-state index contributed by atoms with van der Waals surface area (Å²) in [7, 11) is 0. The van der Waals surface area contributed by atoms with Gasteiger partial charge in [-0.3, -0.25) is 9.59 Å². The first-order chi connectivity index (χ1) is 13.5. The van der Waals surface area contributed by atoms with Gasteiger partial charge in [-0.05, 0) is 36.4 Å². The van der Waals surface area contributed by atoms with E-state index in [2.05, 4.69) is 20.9 Å². The van der Waals surface area contributed by atoms with Gasteiger partial charge in [0.05, 0.1) is 29.3 Å². The monoisotopic (exact) mass is 397 g/mol. The van der Waals surface area contributed by atoms with E-state index in [4.69, 9.17) is 5.26 Å². The fraction of sp³-hybridized carbons (Fsp3) is 0.158.